The molecule has 1 amide bonds. The van der Waals surface area contributed by atoms with E-state index in [0.29, 0.717) is 18.2 Å². The molecule has 2 heterocycles. The maximum Gasteiger partial charge on any atom is 0.274 e. The van der Waals surface area contributed by atoms with Crippen molar-refractivity contribution in [1.82, 2.24) is 18.5 Å². The van der Waals surface area contributed by atoms with Gasteiger partial charge in [0, 0.05) is 26.7 Å². The molecule has 0 saturated carbocycles. The van der Waals surface area contributed by atoms with Gasteiger partial charge in [-0.25, -0.2) is 4.39 Å². The molecule has 3 rings (SSSR count). The van der Waals surface area contributed by atoms with Gasteiger partial charge >= 0.3 is 0 Å². The standard InChI is InChI=1S/C18H23FN4OS/c1-22(18(24)17-11-20-25-21-17)12-14-5-4-9-23(13-14)10-8-15-6-2-3-7-16(15)19/h2-3,6-7,11,14H,4-5,8-10,12-13H2,1H3/t14-/m0/s1. The molecule has 1 aliphatic heterocycles. The minimum atomic E-state index is -0.127. The summed E-state index contributed by atoms with van der Waals surface area (Å²) in [4.78, 5) is 16.4. The summed E-state index contributed by atoms with van der Waals surface area (Å²) in [5, 5.41) is 0. The number of halogens is 1. The summed E-state index contributed by atoms with van der Waals surface area (Å²) in [5.41, 5.74) is 1.19. The Morgan fingerprint density at radius 3 is 3.04 bits per heavy atom. The molecule has 1 aromatic carbocycles. The Balaban J connectivity index is 1.49. The number of piperidine rings is 1. The van der Waals surface area contributed by atoms with Crippen LogP contribution in [-0.4, -0.2) is 57.7 Å². The van der Waals surface area contributed by atoms with Crippen molar-refractivity contribution >= 4 is 17.6 Å². The van der Waals surface area contributed by atoms with Crippen LogP contribution < -0.4 is 0 Å². The number of aromatic nitrogens is 2. The number of carbonyl (C=O) groups excluding carboxylic acids is 1. The number of hydrogen-bond acceptors (Lipinski definition) is 5. The summed E-state index contributed by atoms with van der Waals surface area (Å²) < 4.78 is 21.6. The van der Waals surface area contributed by atoms with E-state index in [-0.39, 0.29) is 11.7 Å². The van der Waals surface area contributed by atoms with Crippen LogP contribution in [0.1, 0.15) is 28.9 Å². The third-order valence-electron chi connectivity index (χ3n) is 4.72. The van der Waals surface area contributed by atoms with Crippen molar-refractivity contribution in [1.29, 1.82) is 0 Å². The van der Waals surface area contributed by atoms with Crippen LogP contribution in [0.25, 0.3) is 0 Å². The highest BCUT2D eigenvalue weighted by Gasteiger charge is 2.24. The lowest BCUT2D eigenvalue weighted by Gasteiger charge is -2.34. The van der Waals surface area contributed by atoms with Gasteiger partial charge in [-0.15, -0.1) is 0 Å². The summed E-state index contributed by atoms with van der Waals surface area (Å²) in [6, 6.07) is 6.97. The van der Waals surface area contributed by atoms with E-state index in [1.165, 1.54) is 12.3 Å². The predicted molar refractivity (Wildman–Crippen MR) is 96.1 cm³/mol. The highest BCUT2D eigenvalue weighted by atomic mass is 32.1. The number of amides is 1. The molecule has 0 unspecified atom stereocenters. The first-order valence-corrected chi connectivity index (χ1v) is 9.35. The maximum absolute atomic E-state index is 13.7. The second-order valence-corrected chi connectivity index (χ2v) is 7.19. The Labute approximate surface area is 151 Å². The van der Waals surface area contributed by atoms with Gasteiger partial charge in [0.15, 0.2) is 5.69 Å². The molecule has 5 nitrogen and oxygen atoms in total. The monoisotopic (exact) mass is 362 g/mol. The van der Waals surface area contributed by atoms with E-state index in [1.54, 1.807) is 11.0 Å². The van der Waals surface area contributed by atoms with Crippen molar-refractivity contribution in [3.8, 4) is 0 Å². The minimum absolute atomic E-state index is 0.0720. The van der Waals surface area contributed by atoms with Crippen molar-refractivity contribution in [2.45, 2.75) is 19.3 Å². The first-order chi connectivity index (χ1) is 12.1. The molecule has 0 N–H and O–H groups in total. The van der Waals surface area contributed by atoms with E-state index >= 15 is 0 Å². The summed E-state index contributed by atoms with van der Waals surface area (Å²) in [5.74, 6) is 0.241. The van der Waals surface area contributed by atoms with Crippen LogP contribution in [0.4, 0.5) is 4.39 Å². The molecule has 1 fully saturated rings. The number of carbonyl (C=O) groups is 1. The molecule has 0 spiro atoms. The molecule has 1 aromatic heterocycles. The van der Waals surface area contributed by atoms with Gasteiger partial charge in [-0.05, 0) is 43.4 Å². The van der Waals surface area contributed by atoms with Crippen LogP contribution in [-0.2, 0) is 6.42 Å². The lowest BCUT2D eigenvalue weighted by Crippen LogP contribution is -2.42. The Hall–Kier alpha value is -1.86. The zero-order valence-corrected chi connectivity index (χ0v) is 15.2. The maximum atomic E-state index is 13.7. The predicted octanol–water partition coefficient (Wildman–Crippen LogP) is 2.70. The van der Waals surface area contributed by atoms with Crippen LogP contribution in [0.3, 0.4) is 0 Å². The molecular weight excluding hydrogens is 339 g/mol. The van der Waals surface area contributed by atoms with E-state index in [1.807, 2.05) is 19.2 Å². The van der Waals surface area contributed by atoms with Crippen molar-refractivity contribution in [3.63, 3.8) is 0 Å². The van der Waals surface area contributed by atoms with Gasteiger partial charge in [-0.3, -0.25) is 4.79 Å². The number of rotatable bonds is 6. The Morgan fingerprint density at radius 2 is 2.28 bits per heavy atom. The molecule has 1 saturated heterocycles. The van der Waals surface area contributed by atoms with Gasteiger partial charge in [-0.1, -0.05) is 18.2 Å². The van der Waals surface area contributed by atoms with Gasteiger partial charge in [0.05, 0.1) is 17.9 Å². The number of nitrogens with zero attached hydrogens (tertiary/aromatic N) is 4. The molecule has 2 aromatic rings. The second-order valence-electron chi connectivity index (χ2n) is 6.63. The first kappa shape index (κ1) is 17.9. The normalized spacial score (nSPS) is 18.2. The summed E-state index contributed by atoms with van der Waals surface area (Å²) >= 11 is 1.05. The van der Waals surface area contributed by atoms with Crippen LogP contribution in [0.15, 0.2) is 30.5 Å². The van der Waals surface area contributed by atoms with Crippen LogP contribution in [0.2, 0.25) is 0 Å². The molecule has 25 heavy (non-hydrogen) atoms. The highest BCUT2D eigenvalue weighted by Crippen LogP contribution is 2.19. The van der Waals surface area contributed by atoms with E-state index in [9.17, 15) is 9.18 Å². The van der Waals surface area contributed by atoms with Gasteiger partial charge in [0.2, 0.25) is 0 Å². The smallest absolute Gasteiger partial charge is 0.274 e. The fraction of sp³-hybridized carbons (Fsp3) is 0.500. The molecule has 0 aliphatic carbocycles. The van der Waals surface area contributed by atoms with Gasteiger partial charge in [0.25, 0.3) is 5.91 Å². The van der Waals surface area contributed by atoms with E-state index in [2.05, 4.69) is 13.6 Å². The summed E-state index contributed by atoms with van der Waals surface area (Å²) in [6.45, 7) is 3.55. The number of hydrogen-bond donors (Lipinski definition) is 0. The molecule has 7 heteroatoms. The molecule has 1 atom stereocenters. The lowest BCUT2D eigenvalue weighted by molar-refractivity contribution is 0.0725. The van der Waals surface area contributed by atoms with Crippen molar-refractivity contribution in [3.05, 3.63) is 47.5 Å². The highest BCUT2D eigenvalue weighted by molar-refractivity contribution is 6.99. The SMILES string of the molecule is CN(C[C@@H]1CCCN(CCc2ccccc2F)C1)C(=O)c1cnsn1. The summed E-state index contributed by atoms with van der Waals surface area (Å²) in [6.07, 6.45) is 4.47. The Morgan fingerprint density at radius 1 is 1.44 bits per heavy atom. The molecule has 1 aliphatic rings. The van der Waals surface area contributed by atoms with E-state index < -0.39 is 0 Å². The Kier molecular flexibility index (Phi) is 6.09. The Bertz CT molecular complexity index is 694. The van der Waals surface area contributed by atoms with Crippen LogP contribution in [0.5, 0.6) is 0 Å². The van der Waals surface area contributed by atoms with Crippen molar-refractivity contribution in [2.24, 2.45) is 5.92 Å². The average molecular weight is 362 g/mol. The zero-order chi connectivity index (χ0) is 17.6. The molecule has 0 bridgehead atoms. The average Bonchev–Trinajstić information content (AvgIpc) is 3.15. The van der Waals surface area contributed by atoms with Gasteiger partial charge in [-0.2, -0.15) is 8.75 Å². The third-order valence-corrected chi connectivity index (χ3v) is 5.20. The van der Waals surface area contributed by atoms with Crippen molar-refractivity contribution in [2.75, 3.05) is 33.2 Å². The van der Waals surface area contributed by atoms with E-state index in [0.717, 1.165) is 56.2 Å². The fourth-order valence-electron chi connectivity index (χ4n) is 3.41. The van der Waals surface area contributed by atoms with Crippen LogP contribution in [0, 0.1) is 11.7 Å². The molecule has 134 valence electrons. The number of benzene rings is 1. The van der Waals surface area contributed by atoms with Gasteiger partial charge < -0.3 is 9.80 Å². The summed E-state index contributed by atoms with van der Waals surface area (Å²) in [7, 11) is 1.82. The quantitative estimate of drug-likeness (QED) is 0.793. The first-order valence-electron chi connectivity index (χ1n) is 8.62. The molecular formula is C18H23FN4OS. The fourth-order valence-corrected chi connectivity index (χ4v) is 3.82. The second kappa shape index (κ2) is 8.49. The van der Waals surface area contributed by atoms with Crippen LogP contribution >= 0.6 is 11.7 Å². The minimum Gasteiger partial charge on any atom is -0.340 e. The topological polar surface area (TPSA) is 49.3 Å². The van der Waals surface area contributed by atoms with Gasteiger partial charge in [0.1, 0.15) is 5.82 Å². The molecule has 0 radical (unpaired) electrons. The largest absolute Gasteiger partial charge is 0.340 e. The third kappa shape index (κ3) is 4.83. The lowest BCUT2D eigenvalue weighted by atomic mass is 9.97. The van der Waals surface area contributed by atoms with Crippen molar-refractivity contribution < 1.29 is 9.18 Å². The van der Waals surface area contributed by atoms with E-state index in [4.69, 9.17) is 0 Å². The number of likely N-dealkylation sites (tertiary alicyclic amines) is 1. The zero-order valence-electron chi connectivity index (χ0n) is 14.4.